The molecule has 0 spiro atoms. The van der Waals surface area contributed by atoms with Crippen LogP contribution in [0.15, 0.2) is 36.4 Å². The summed E-state index contributed by atoms with van der Waals surface area (Å²) in [5.74, 6) is -1.94. The molecule has 158 valence electrons. The Kier molecular flexibility index (Phi) is 7.57. The van der Waals surface area contributed by atoms with Crippen molar-refractivity contribution in [2.45, 2.75) is 70.8 Å². The number of hydrogen-bond acceptors (Lipinski definition) is 1. The summed E-state index contributed by atoms with van der Waals surface area (Å²) >= 11 is 0. The summed E-state index contributed by atoms with van der Waals surface area (Å²) in [4.78, 5) is 0. The predicted octanol–water partition coefficient (Wildman–Crippen LogP) is 8.09. The first-order valence-corrected chi connectivity index (χ1v) is 10.5. The lowest BCUT2D eigenvalue weighted by Crippen LogP contribution is -2.13. The number of rotatable bonds is 8. The van der Waals surface area contributed by atoms with Gasteiger partial charge in [0, 0.05) is 0 Å². The fraction of sp³-hybridized carbons (Fsp3) is 0.500. The van der Waals surface area contributed by atoms with Gasteiger partial charge in [-0.1, -0.05) is 56.9 Å². The van der Waals surface area contributed by atoms with E-state index in [4.69, 9.17) is 0 Å². The third kappa shape index (κ3) is 5.74. The van der Waals surface area contributed by atoms with Crippen LogP contribution in [0, 0.1) is 17.6 Å². The monoisotopic (exact) mass is 408 g/mol. The first-order chi connectivity index (χ1) is 14.0. The average Bonchev–Trinajstić information content (AvgIpc) is 2.71. The molecule has 0 amide bonds. The molecule has 1 aliphatic rings. The molecule has 0 heterocycles. The molecule has 0 aromatic heterocycles. The summed E-state index contributed by atoms with van der Waals surface area (Å²) in [5.41, 5.74) is 2.19. The standard InChI is InChI=1S/C24H28F4O/c1-2-3-4-5-16-6-8-17(9-7-16)18-10-12-19(13-11-18)20-14-21(25)23(22(26)15-20)29-24(27)28/h10-17,24H,2-9H2,1H3. The highest BCUT2D eigenvalue weighted by Gasteiger charge is 2.22. The Morgan fingerprint density at radius 2 is 1.52 bits per heavy atom. The van der Waals surface area contributed by atoms with E-state index >= 15 is 0 Å². The van der Waals surface area contributed by atoms with Crippen LogP contribution in [0.2, 0.25) is 0 Å². The number of unbranched alkanes of at least 4 members (excludes halogenated alkanes) is 2. The molecule has 0 saturated heterocycles. The molecule has 2 aromatic carbocycles. The maximum Gasteiger partial charge on any atom is 0.387 e. The third-order valence-electron chi connectivity index (χ3n) is 5.98. The van der Waals surface area contributed by atoms with Crippen LogP contribution in [0.4, 0.5) is 17.6 Å². The molecule has 0 radical (unpaired) electrons. The molecule has 0 atom stereocenters. The van der Waals surface area contributed by atoms with Crippen LogP contribution in [0.25, 0.3) is 11.1 Å². The lowest BCUT2D eigenvalue weighted by molar-refractivity contribution is -0.0546. The highest BCUT2D eigenvalue weighted by molar-refractivity contribution is 5.65. The zero-order chi connectivity index (χ0) is 20.8. The summed E-state index contributed by atoms with van der Waals surface area (Å²) in [6, 6.07) is 9.75. The predicted molar refractivity (Wildman–Crippen MR) is 107 cm³/mol. The third-order valence-corrected chi connectivity index (χ3v) is 5.98. The van der Waals surface area contributed by atoms with E-state index in [2.05, 4.69) is 11.7 Å². The van der Waals surface area contributed by atoms with Crippen LogP contribution in [-0.4, -0.2) is 6.61 Å². The topological polar surface area (TPSA) is 9.23 Å². The second-order valence-corrected chi connectivity index (χ2v) is 7.98. The van der Waals surface area contributed by atoms with E-state index in [9.17, 15) is 17.6 Å². The van der Waals surface area contributed by atoms with E-state index in [1.165, 1.54) is 56.9 Å². The second-order valence-electron chi connectivity index (χ2n) is 7.98. The van der Waals surface area contributed by atoms with Gasteiger partial charge in [0.1, 0.15) is 0 Å². The van der Waals surface area contributed by atoms with E-state index in [0.717, 1.165) is 18.1 Å². The minimum Gasteiger partial charge on any atom is -0.429 e. The first-order valence-electron chi connectivity index (χ1n) is 10.5. The maximum absolute atomic E-state index is 14.0. The largest absolute Gasteiger partial charge is 0.429 e. The first kappa shape index (κ1) is 21.7. The van der Waals surface area contributed by atoms with Gasteiger partial charge in [0.05, 0.1) is 0 Å². The second kappa shape index (κ2) is 10.1. The van der Waals surface area contributed by atoms with E-state index < -0.39 is 24.0 Å². The van der Waals surface area contributed by atoms with Crippen molar-refractivity contribution < 1.29 is 22.3 Å². The molecule has 29 heavy (non-hydrogen) atoms. The summed E-state index contributed by atoms with van der Waals surface area (Å²) in [7, 11) is 0. The van der Waals surface area contributed by atoms with Crippen molar-refractivity contribution in [3.63, 3.8) is 0 Å². The van der Waals surface area contributed by atoms with Gasteiger partial charge in [-0.3, -0.25) is 0 Å². The number of hydrogen-bond donors (Lipinski definition) is 0. The fourth-order valence-electron chi connectivity index (χ4n) is 4.34. The Morgan fingerprint density at radius 1 is 0.897 bits per heavy atom. The summed E-state index contributed by atoms with van der Waals surface area (Å²) in [6.07, 6.45) is 10.1. The van der Waals surface area contributed by atoms with Crippen molar-refractivity contribution in [1.82, 2.24) is 0 Å². The highest BCUT2D eigenvalue weighted by Crippen LogP contribution is 2.38. The van der Waals surface area contributed by atoms with E-state index in [-0.39, 0.29) is 0 Å². The Bertz CT molecular complexity index is 757. The van der Waals surface area contributed by atoms with Crippen LogP contribution >= 0.6 is 0 Å². The zero-order valence-electron chi connectivity index (χ0n) is 16.8. The van der Waals surface area contributed by atoms with E-state index in [1.807, 2.05) is 24.3 Å². The number of benzene rings is 2. The SMILES string of the molecule is CCCCCC1CCC(c2ccc(-c3cc(F)c(OC(F)F)c(F)c3)cc2)CC1. The fourth-order valence-corrected chi connectivity index (χ4v) is 4.34. The number of halogens is 4. The molecule has 1 nitrogen and oxygen atoms in total. The molecule has 5 heteroatoms. The minimum absolute atomic E-state index is 0.299. The van der Waals surface area contributed by atoms with Crippen LogP contribution in [0.3, 0.4) is 0 Å². The molecular formula is C24H28F4O. The van der Waals surface area contributed by atoms with Crippen molar-refractivity contribution in [2.24, 2.45) is 5.92 Å². The Morgan fingerprint density at radius 3 is 2.07 bits per heavy atom. The van der Waals surface area contributed by atoms with Crippen LogP contribution in [0.1, 0.15) is 69.8 Å². The van der Waals surface area contributed by atoms with E-state index in [1.54, 1.807) is 0 Å². The van der Waals surface area contributed by atoms with Crippen molar-refractivity contribution >= 4 is 0 Å². The van der Waals surface area contributed by atoms with Gasteiger partial charge < -0.3 is 4.74 Å². The van der Waals surface area contributed by atoms with Crippen molar-refractivity contribution in [2.75, 3.05) is 0 Å². The smallest absolute Gasteiger partial charge is 0.387 e. The van der Waals surface area contributed by atoms with Crippen molar-refractivity contribution in [1.29, 1.82) is 0 Å². The lowest BCUT2D eigenvalue weighted by Gasteiger charge is -2.29. The zero-order valence-corrected chi connectivity index (χ0v) is 16.8. The van der Waals surface area contributed by atoms with Gasteiger partial charge in [0.2, 0.25) is 0 Å². The Hall–Kier alpha value is -2.04. The summed E-state index contributed by atoms with van der Waals surface area (Å²) in [6.45, 7) is -1.04. The average molecular weight is 408 g/mol. The normalized spacial score (nSPS) is 19.5. The molecule has 2 aromatic rings. The quantitative estimate of drug-likeness (QED) is 0.317. The minimum atomic E-state index is -3.27. The van der Waals surface area contributed by atoms with Gasteiger partial charge in [-0.05, 0) is 66.3 Å². The molecule has 1 saturated carbocycles. The van der Waals surface area contributed by atoms with Crippen molar-refractivity contribution in [3.05, 3.63) is 53.6 Å². The van der Waals surface area contributed by atoms with Gasteiger partial charge in [0.25, 0.3) is 0 Å². The van der Waals surface area contributed by atoms with Crippen LogP contribution in [0.5, 0.6) is 5.75 Å². The van der Waals surface area contributed by atoms with Gasteiger partial charge in [-0.25, -0.2) is 8.78 Å². The molecular weight excluding hydrogens is 380 g/mol. The summed E-state index contributed by atoms with van der Waals surface area (Å²) in [5, 5.41) is 0. The number of alkyl halides is 2. The van der Waals surface area contributed by atoms with Gasteiger partial charge in [0.15, 0.2) is 17.4 Å². The molecule has 0 N–H and O–H groups in total. The molecule has 0 aliphatic heterocycles. The molecule has 1 fully saturated rings. The molecule has 3 rings (SSSR count). The lowest BCUT2D eigenvalue weighted by atomic mass is 9.77. The van der Waals surface area contributed by atoms with Crippen LogP contribution < -0.4 is 4.74 Å². The van der Waals surface area contributed by atoms with E-state index in [0.29, 0.717) is 17.0 Å². The van der Waals surface area contributed by atoms with Crippen molar-refractivity contribution in [3.8, 4) is 16.9 Å². The Labute approximate surface area is 170 Å². The van der Waals surface area contributed by atoms with Gasteiger partial charge in [-0.2, -0.15) is 8.78 Å². The maximum atomic E-state index is 14.0. The highest BCUT2D eigenvalue weighted by atomic mass is 19.3. The Balaban J connectivity index is 1.64. The molecule has 1 aliphatic carbocycles. The number of ether oxygens (including phenoxy) is 1. The van der Waals surface area contributed by atoms with Gasteiger partial charge in [-0.15, -0.1) is 0 Å². The van der Waals surface area contributed by atoms with Gasteiger partial charge >= 0.3 is 6.61 Å². The molecule has 0 bridgehead atoms. The molecule has 0 unspecified atom stereocenters. The van der Waals surface area contributed by atoms with Crippen LogP contribution in [-0.2, 0) is 0 Å². The summed E-state index contributed by atoms with van der Waals surface area (Å²) < 4.78 is 56.4.